The van der Waals surface area contributed by atoms with Gasteiger partial charge >= 0.3 is 0 Å². The van der Waals surface area contributed by atoms with E-state index in [9.17, 15) is 0 Å². The van der Waals surface area contributed by atoms with E-state index in [1.807, 2.05) is 12.4 Å². The van der Waals surface area contributed by atoms with E-state index in [4.69, 9.17) is 4.74 Å². The maximum Gasteiger partial charge on any atom is 0.119 e. The van der Waals surface area contributed by atoms with Crippen molar-refractivity contribution in [1.82, 2.24) is 9.97 Å². The summed E-state index contributed by atoms with van der Waals surface area (Å²) in [7, 11) is 0. The molecular weight excluding hydrogens is 368 g/mol. The number of aryl methyl sites for hydroxylation is 1. The number of hydrogen-bond donors (Lipinski definition) is 0. The van der Waals surface area contributed by atoms with Gasteiger partial charge in [-0.05, 0) is 61.8 Å². The highest BCUT2D eigenvalue weighted by Crippen LogP contribution is 2.33. The first-order chi connectivity index (χ1) is 14.8. The third-order valence-corrected chi connectivity index (χ3v) is 6.58. The smallest absolute Gasteiger partial charge is 0.119 e. The summed E-state index contributed by atoms with van der Waals surface area (Å²) >= 11 is 0. The van der Waals surface area contributed by atoms with Gasteiger partial charge in [0.2, 0.25) is 0 Å². The zero-order chi connectivity index (χ0) is 21.0. The van der Waals surface area contributed by atoms with Crippen molar-refractivity contribution in [3.8, 4) is 17.0 Å². The van der Waals surface area contributed by atoms with Gasteiger partial charge in [-0.1, -0.05) is 65.2 Å². The third-order valence-electron chi connectivity index (χ3n) is 6.58. The van der Waals surface area contributed by atoms with Crippen molar-refractivity contribution in [3.63, 3.8) is 0 Å². The number of aromatic nitrogens is 2. The molecule has 0 bridgehead atoms. The number of rotatable bonds is 12. The van der Waals surface area contributed by atoms with Gasteiger partial charge in [-0.3, -0.25) is 9.97 Å². The minimum atomic E-state index is 0.820. The highest BCUT2D eigenvalue weighted by atomic mass is 16.5. The molecule has 1 aromatic heterocycles. The van der Waals surface area contributed by atoms with E-state index in [0.29, 0.717) is 0 Å². The standard InChI is InChI=1S/C27H40N2O/c1-3-5-6-10-25-20-29-27(21-28-25)24-15-17-26(18-16-24)30-19-7-9-23-13-11-22(8-4-2)12-14-23/h15-18,20-23H,3-14,19H2,1-2H3. The molecule has 1 heterocycles. The third kappa shape index (κ3) is 7.41. The first-order valence-electron chi connectivity index (χ1n) is 12.3. The van der Waals surface area contributed by atoms with Crippen LogP contribution in [0.2, 0.25) is 0 Å². The first kappa shape index (κ1) is 22.8. The van der Waals surface area contributed by atoms with Crippen LogP contribution in [0.1, 0.15) is 90.2 Å². The van der Waals surface area contributed by atoms with E-state index in [1.165, 1.54) is 64.2 Å². The maximum absolute atomic E-state index is 5.99. The Kier molecular flexibility index (Phi) is 9.66. The highest BCUT2D eigenvalue weighted by Gasteiger charge is 2.20. The highest BCUT2D eigenvalue weighted by molar-refractivity contribution is 5.58. The van der Waals surface area contributed by atoms with Gasteiger partial charge in [0.05, 0.1) is 24.2 Å². The summed E-state index contributed by atoms with van der Waals surface area (Å²) in [6, 6.07) is 8.29. The van der Waals surface area contributed by atoms with Crippen molar-refractivity contribution in [2.24, 2.45) is 11.8 Å². The second-order valence-electron chi connectivity index (χ2n) is 9.04. The van der Waals surface area contributed by atoms with Crippen LogP contribution in [0.25, 0.3) is 11.3 Å². The van der Waals surface area contributed by atoms with Gasteiger partial charge in [0.1, 0.15) is 5.75 Å². The summed E-state index contributed by atoms with van der Waals surface area (Å²) in [5.41, 5.74) is 3.12. The summed E-state index contributed by atoms with van der Waals surface area (Å²) in [4.78, 5) is 9.17. The summed E-state index contributed by atoms with van der Waals surface area (Å²) in [6.07, 6.45) is 19.5. The maximum atomic E-state index is 5.99. The van der Waals surface area contributed by atoms with Crippen molar-refractivity contribution in [3.05, 3.63) is 42.4 Å². The van der Waals surface area contributed by atoms with E-state index in [2.05, 4.69) is 48.1 Å². The molecule has 2 aromatic rings. The fraction of sp³-hybridized carbons (Fsp3) is 0.630. The first-order valence-corrected chi connectivity index (χ1v) is 12.3. The lowest BCUT2D eigenvalue weighted by Gasteiger charge is -2.28. The lowest BCUT2D eigenvalue weighted by Crippen LogP contribution is -2.15. The number of nitrogens with zero attached hydrogens (tertiary/aromatic N) is 2. The number of hydrogen-bond acceptors (Lipinski definition) is 3. The monoisotopic (exact) mass is 408 g/mol. The molecule has 164 valence electrons. The lowest BCUT2D eigenvalue weighted by atomic mass is 9.78. The minimum absolute atomic E-state index is 0.820. The van der Waals surface area contributed by atoms with Crippen molar-refractivity contribution >= 4 is 0 Å². The van der Waals surface area contributed by atoms with Crippen LogP contribution in [0.15, 0.2) is 36.7 Å². The zero-order valence-electron chi connectivity index (χ0n) is 19.1. The fourth-order valence-corrected chi connectivity index (χ4v) is 4.69. The molecule has 30 heavy (non-hydrogen) atoms. The van der Waals surface area contributed by atoms with Crippen LogP contribution in [0, 0.1) is 11.8 Å². The van der Waals surface area contributed by atoms with Gasteiger partial charge < -0.3 is 4.74 Å². The molecule has 1 fully saturated rings. The molecule has 1 aliphatic carbocycles. The Bertz CT molecular complexity index is 703. The van der Waals surface area contributed by atoms with Crippen LogP contribution in [0.3, 0.4) is 0 Å². The quantitative estimate of drug-likeness (QED) is 0.338. The SMILES string of the molecule is CCCCCc1cnc(-c2ccc(OCCCC3CCC(CCC)CC3)cc2)cn1. The predicted octanol–water partition coefficient (Wildman–Crippen LogP) is 7.64. The average molecular weight is 409 g/mol. The topological polar surface area (TPSA) is 35.0 Å². The second-order valence-corrected chi connectivity index (χ2v) is 9.04. The molecule has 3 nitrogen and oxygen atoms in total. The molecule has 0 radical (unpaired) electrons. The fourth-order valence-electron chi connectivity index (χ4n) is 4.69. The van der Waals surface area contributed by atoms with Crippen LogP contribution in [0.4, 0.5) is 0 Å². The summed E-state index contributed by atoms with van der Waals surface area (Å²) < 4.78 is 5.99. The predicted molar refractivity (Wildman–Crippen MR) is 126 cm³/mol. The van der Waals surface area contributed by atoms with Crippen molar-refractivity contribution in [1.29, 1.82) is 0 Å². The van der Waals surface area contributed by atoms with Gasteiger partial charge in [-0.25, -0.2) is 0 Å². The van der Waals surface area contributed by atoms with E-state index in [1.54, 1.807) is 0 Å². The van der Waals surface area contributed by atoms with E-state index < -0.39 is 0 Å². The van der Waals surface area contributed by atoms with Crippen LogP contribution in [0.5, 0.6) is 5.75 Å². The number of benzene rings is 1. The Morgan fingerprint density at radius 3 is 2.17 bits per heavy atom. The Balaban J connectivity index is 1.36. The van der Waals surface area contributed by atoms with Crippen LogP contribution < -0.4 is 4.74 Å². The largest absolute Gasteiger partial charge is 0.494 e. The lowest BCUT2D eigenvalue weighted by molar-refractivity contribution is 0.230. The zero-order valence-corrected chi connectivity index (χ0v) is 19.1. The Morgan fingerprint density at radius 2 is 1.53 bits per heavy atom. The molecule has 0 N–H and O–H groups in total. The average Bonchev–Trinajstić information content (AvgIpc) is 2.79. The molecular formula is C27H40N2O. The number of ether oxygens (including phenoxy) is 1. The summed E-state index contributed by atoms with van der Waals surface area (Å²) in [5, 5.41) is 0. The molecule has 3 rings (SSSR count). The van der Waals surface area contributed by atoms with E-state index >= 15 is 0 Å². The molecule has 0 unspecified atom stereocenters. The summed E-state index contributed by atoms with van der Waals surface area (Å²) in [6.45, 7) is 5.36. The molecule has 1 aliphatic rings. The number of unbranched alkanes of at least 4 members (excludes halogenated alkanes) is 2. The second kappa shape index (κ2) is 12.7. The summed E-state index contributed by atoms with van der Waals surface area (Å²) in [5.74, 6) is 2.88. The van der Waals surface area contributed by atoms with Gasteiger partial charge in [-0.15, -0.1) is 0 Å². The Morgan fingerprint density at radius 1 is 0.800 bits per heavy atom. The molecule has 0 atom stereocenters. The molecule has 0 amide bonds. The van der Waals surface area contributed by atoms with Crippen molar-refractivity contribution in [2.75, 3.05) is 6.61 Å². The molecule has 1 aromatic carbocycles. The molecule has 0 spiro atoms. The van der Waals surface area contributed by atoms with Gasteiger partial charge in [-0.2, -0.15) is 0 Å². The normalized spacial score (nSPS) is 19.0. The van der Waals surface area contributed by atoms with E-state index in [-0.39, 0.29) is 0 Å². The van der Waals surface area contributed by atoms with Gasteiger partial charge in [0.15, 0.2) is 0 Å². The molecule has 1 saturated carbocycles. The molecule has 0 aliphatic heterocycles. The molecule has 3 heteroatoms. The van der Waals surface area contributed by atoms with Crippen LogP contribution >= 0.6 is 0 Å². The van der Waals surface area contributed by atoms with Crippen LogP contribution in [-0.4, -0.2) is 16.6 Å². The Hall–Kier alpha value is -1.90. The van der Waals surface area contributed by atoms with Gasteiger partial charge in [0, 0.05) is 11.8 Å². The Labute approximate surface area is 183 Å². The van der Waals surface area contributed by atoms with Crippen LogP contribution in [-0.2, 0) is 6.42 Å². The van der Waals surface area contributed by atoms with Crippen molar-refractivity contribution < 1.29 is 4.74 Å². The van der Waals surface area contributed by atoms with Crippen molar-refractivity contribution in [2.45, 2.75) is 90.9 Å². The minimum Gasteiger partial charge on any atom is -0.494 e. The molecule has 0 saturated heterocycles. The van der Waals surface area contributed by atoms with Gasteiger partial charge in [0.25, 0.3) is 0 Å². The van der Waals surface area contributed by atoms with E-state index in [0.717, 1.165) is 54.0 Å².